The van der Waals surface area contributed by atoms with Crippen LogP contribution >= 0.6 is 0 Å². The Hall–Kier alpha value is -1.78. The molecule has 0 fully saturated rings. The number of hydrogen-bond acceptors (Lipinski definition) is 4. The Morgan fingerprint density at radius 3 is 2.87 bits per heavy atom. The lowest BCUT2D eigenvalue weighted by atomic mass is 10.2. The summed E-state index contributed by atoms with van der Waals surface area (Å²) >= 11 is 0. The minimum Gasteiger partial charge on any atom is -0.384 e. The average Bonchev–Trinajstić information content (AvgIpc) is 2.17. The molecule has 1 aromatic rings. The van der Waals surface area contributed by atoms with Crippen LogP contribution in [0, 0.1) is 0 Å². The van der Waals surface area contributed by atoms with E-state index in [9.17, 15) is 4.79 Å². The fraction of sp³-hybridized carbons (Fsp3) is 0.400. The van der Waals surface area contributed by atoms with Gasteiger partial charge in [0.2, 0.25) is 5.91 Å². The number of nitrogens with one attached hydrogen (secondary N) is 1. The molecule has 82 valence electrons. The maximum absolute atomic E-state index is 10.5. The summed E-state index contributed by atoms with van der Waals surface area (Å²) in [6.07, 6.45) is 2.12. The van der Waals surface area contributed by atoms with Gasteiger partial charge >= 0.3 is 0 Å². The Labute approximate surface area is 88.9 Å². The van der Waals surface area contributed by atoms with E-state index in [-0.39, 0.29) is 5.91 Å². The number of nitrogens with zero attached hydrogens (tertiary/aromatic N) is 1. The van der Waals surface area contributed by atoms with Crippen LogP contribution in [0.4, 0.5) is 11.6 Å². The molecule has 15 heavy (non-hydrogen) atoms. The summed E-state index contributed by atoms with van der Waals surface area (Å²) in [6.45, 7) is 0.768. The van der Waals surface area contributed by atoms with E-state index in [1.165, 1.54) is 0 Å². The number of anilines is 2. The van der Waals surface area contributed by atoms with E-state index in [1.54, 1.807) is 6.07 Å². The molecule has 1 aromatic heterocycles. The lowest BCUT2D eigenvalue weighted by Crippen LogP contribution is -2.11. The van der Waals surface area contributed by atoms with E-state index < -0.39 is 0 Å². The molecular formula is C10H16N4O. The maximum atomic E-state index is 10.5. The molecule has 0 bridgehead atoms. The number of unbranched alkanes of at least 4 members (excludes halogenated alkanes) is 1. The van der Waals surface area contributed by atoms with E-state index in [1.807, 2.05) is 12.1 Å². The van der Waals surface area contributed by atoms with Crippen LogP contribution in [0.2, 0.25) is 0 Å². The first-order valence-corrected chi connectivity index (χ1v) is 4.93. The number of hydrogen-bond donors (Lipinski definition) is 3. The van der Waals surface area contributed by atoms with Gasteiger partial charge in [0.25, 0.3) is 0 Å². The largest absolute Gasteiger partial charge is 0.384 e. The second-order valence-corrected chi connectivity index (χ2v) is 3.30. The molecule has 0 saturated heterocycles. The molecule has 5 heteroatoms. The molecule has 0 aliphatic carbocycles. The van der Waals surface area contributed by atoms with Crippen LogP contribution in [0.1, 0.15) is 19.3 Å². The molecule has 1 heterocycles. The number of aromatic nitrogens is 1. The first-order chi connectivity index (χ1) is 7.18. The van der Waals surface area contributed by atoms with Gasteiger partial charge in [-0.2, -0.15) is 0 Å². The van der Waals surface area contributed by atoms with Crippen LogP contribution in [0.5, 0.6) is 0 Å². The lowest BCUT2D eigenvalue weighted by molar-refractivity contribution is -0.118. The Kier molecular flexibility index (Phi) is 4.40. The second-order valence-electron chi connectivity index (χ2n) is 3.30. The Balaban J connectivity index is 2.17. The van der Waals surface area contributed by atoms with E-state index in [0.29, 0.717) is 12.2 Å². The van der Waals surface area contributed by atoms with Crippen LogP contribution in [-0.2, 0) is 4.79 Å². The van der Waals surface area contributed by atoms with Crippen molar-refractivity contribution in [2.45, 2.75) is 19.3 Å². The average molecular weight is 208 g/mol. The predicted octanol–water partition coefficient (Wildman–Crippen LogP) is 0.731. The summed E-state index contributed by atoms with van der Waals surface area (Å²) in [5, 5.41) is 3.12. The van der Waals surface area contributed by atoms with Gasteiger partial charge in [-0.3, -0.25) is 4.79 Å². The molecule has 1 rings (SSSR count). The molecule has 0 aliphatic rings. The van der Waals surface area contributed by atoms with Gasteiger partial charge in [-0.1, -0.05) is 6.07 Å². The van der Waals surface area contributed by atoms with Gasteiger partial charge in [-0.05, 0) is 25.0 Å². The zero-order valence-corrected chi connectivity index (χ0v) is 8.57. The summed E-state index contributed by atoms with van der Waals surface area (Å²) < 4.78 is 0. The van der Waals surface area contributed by atoms with Crippen LogP contribution in [0.3, 0.4) is 0 Å². The van der Waals surface area contributed by atoms with Crippen molar-refractivity contribution >= 4 is 17.5 Å². The van der Waals surface area contributed by atoms with Crippen molar-refractivity contribution < 1.29 is 4.79 Å². The van der Waals surface area contributed by atoms with E-state index in [2.05, 4.69) is 10.3 Å². The molecule has 0 aliphatic heterocycles. The number of primary amides is 1. The van der Waals surface area contributed by atoms with Crippen molar-refractivity contribution in [3.05, 3.63) is 18.2 Å². The minimum atomic E-state index is -0.253. The highest BCUT2D eigenvalue weighted by Crippen LogP contribution is 2.06. The SMILES string of the molecule is NC(=O)CCCCNc1cccc(N)n1. The van der Waals surface area contributed by atoms with Crippen molar-refractivity contribution in [2.75, 3.05) is 17.6 Å². The zero-order valence-electron chi connectivity index (χ0n) is 8.57. The maximum Gasteiger partial charge on any atom is 0.217 e. The highest BCUT2D eigenvalue weighted by molar-refractivity contribution is 5.73. The van der Waals surface area contributed by atoms with Gasteiger partial charge in [-0.15, -0.1) is 0 Å². The molecule has 0 saturated carbocycles. The molecule has 5 nitrogen and oxygen atoms in total. The molecule has 0 spiro atoms. The lowest BCUT2D eigenvalue weighted by Gasteiger charge is -2.04. The Morgan fingerprint density at radius 1 is 1.40 bits per heavy atom. The number of nitrogens with two attached hydrogens (primary N) is 2. The quantitative estimate of drug-likeness (QED) is 0.601. The van der Waals surface area contributed by atoms with Gasteiger partial charge in [-0.25, -0.2) is 4.98 Å². The van der Waals surface area contributed by atoms with Crippen molar-refractivity contribution in [3.8, 4) is 0 Å². The van der Waals surface area contributed by atoms with Gasteiger partial charge in [0.1, 0.15) is 11.6 Å². The van der Waals surface area contributed by atoms with Crippen LogP contribution in [0.25, 0.3) is 0 Å². The van der Waals surface area contributed by atoms with Gasteiger partial charge in [0.15, 0.2) is 0 Å². The fourth-order valence-corrected chi connectivity index (χ4v) is 1.19. The second kappa shape index (κ2) is 5.85. The topological polar surface area (TPSA) is 94.0 Å². The Morgan fingerprint density at radius 2 is 2.20 bits per heavy atom. The molecule has 0 atom stereocenters. The third-order valence-electron chi connectivity index (χ3n) is 1.93. The van der Waals surface area contributed by atoms with Gasteiger partial charge < -0.3 is 16.8 Å². The van der Waals surface area contributed by atoms with Crippen LogP contribution in [0.15, 0.2) is 18.2 Å². The number of rotatable bonds is 6. The number of nitrogen functional groups attached to an aromatic ring is 1. The van der Waals surface area contributed by atoms with Crippen molar-refractivity contribution in [1.82, 2.24) is 4.98 Å². The number of pyridine rings is 1. The third kappa shape index (κ3) is 4.85. The summed E-state index contributed by atoms with van der Waals surface area (Å²) in [5.41, 5.74) is 10.5. The summed E-state index contributed by atoms with van der Waals surface area (Å²) in [4.78, 5) is 14.5. The van der Waals surface area contributed by atoms with E-state index >= 15 is 0 Å². The highest BCUT2D eigenvalue weighted by Gasteiger charge is 1.96. The van der Waals surface area contributed by atoms with Crippen molar-refractivity contribution in [2.24, 2.45) is 5.73 Å². The minimum absolute atomic E-state index is 0.253. The number of carbonyl (C=O) groups excluding carboxylic acids is 1. The van der Waals surface area contributed by atoms with Gasteiger partial charge in [0.05, 0.1) is 0 Å². The molecule has 0 radical (unpaired) electrons. The molecule has 0 unspecified atom stereocenters. The molecular weight excluding hydrogens is 192 g/mol. The van der Waals surface area contributed by atoms with Crippen LogP contribution < -0.4 is 16.8 Å². The number of amides is 1. The first-order valence-electron chi connectivity index (χ1n) is 4.93. The van der Waals surface area contributed by atoms with Crippen LogP contribution in [-0.4, -0.2) is 17.4 Å². The van der Waals surface area contributed by atoms with E-state index in [4.69, 9.17) is 11.5 Å². The summed E-state index contributed by atoms with van der Waals surface area (Å²) in [6, 6.07) is 5.43. The molecule has 0 aromatic carbocycles. The number of carbonyl (C=O) groups is 1. The predicted molar refractivity (Wildman–Crippen MR) is 60.2 cm³/mol. The van der Waals surface area contributed by atoms with E-state index in [0.717, 1.165) is 25.2 Å². The zero-order chi connectivity index (χ0) is 11.1. The monoisotopic (exact) mass is 208 g/mol. The summed E-state index contributed by atoms with van der Waals surface area (Å²) in [5.74, 6) is 1.00. The standard InChI is InChI=1S/C10H16N4O/c11-8-4-3-6-10(14-8)13-7-2-1-5-9(12)15/h3-4,6H,1-2,5,7H2,(H2,12,15)(H3,11,13,14). The molecule has 5 N–H and O–H groups in total. The fourth-order valence-electron chi connectivity index (χ4n) is 1.19. The highest BCUT2D eigenvalue weighted by atomic mass is 16.1. The van der Waals surface area contributed by atoms with Gasteiger partial charge in [0, 0.05) is 13.0 Å². The Bertz CT molecular complexity index is 327. The van der Waals surface area contributed by atoms with Crippen molar-refractivity contribution in [3.63, 3.8) is 0 Å². The normalized spacial score (nSPS) is 9.87. The first kappa shape index (κ1) is 11.3. The molecule has 1 amide bonds. The third-order valence-corrected chi connectivity index (χ3v) is 1.93. The van der Waals surface area contributed by atoms with Crippen molar-refractivity contribution in [1.29, 1.82) is 0 Å². The summed E-state index contributed by atoms with van der Waals surface area (Å²) in [7, 11) is 0. The smallest absolute Gasteiger partial charge is 0.217 e.